The van der Waals surface area contributed by atoms with Gasteiger partial charge in [-0.25, -0.2) is 0 Å². The summed E-state index contributed by atoms with van der Waals surface area (Å²) in [6, 6.07) is 26.2. The number of amides is 1. The van der Waals surface area contributed by atoms with Crippen LogP contribution in [0.5, 0.6) is 0 Å². The topological polar surface area (TPSA) is 46.3 Å². The van der Waals surface area contributed by atoms with Gasteiger partial charge in [-0.2, -0.15) is 0 Å². The molecule has 1 amide bonds. The predicted octanol–water partition coefficient (Wildman–Crippen LogP) is 4.25. The lowest BCUT2D eigenvalue weighted by Crippen LogP contribution is -2.25. The molecule has 3 heteroatoms. The van der Waals surface area contributed by atoms with E-state index in [-0.39, 0.29) is 5.91 Å². The standard InChI is InChI=1S/C19H16N2O/c20-16-9-7-8-15(14-16)19(22)21(17-10-3-1-4-11-17)18-12-5-2-6-13-18/h1-14H,20H2. The Morgan fingerprint density at radius 3 is 1.77 bits per heavy atom. The van der Waals surface area contributed by atoms with Gasteiger partial charge in [-0.05, 0) is 42.5 Å². The van der Waals surface area contributed by atoms with Gasteiger partial charge in [0.05, 0.1) is 0 Å². The second kappa shape index (κ2) is 6.14. The number of carbonyl (C=O) groups is 1. The molecule has 0 saturated carbocycles. The van der Waals surface area contributed by atoms with Gasteiger partial charge >= 0.3 is 0 Å². The number of carbonyl (C=O) groups excluding carboxylic acids is 1. The van der Waals surface area contributed by atoms with E-state index in [1.807, 2.05) is 60.7 Å². The van der Waals surface area contributed by atoms with E-state index < -0.39 is 0 Å². The first-order valence-electron chi connectivity index (χ1n) is 7.06. The first-order valence-corrected chi connectivity index (χ1v) is 7.06. The fraction of sp³-hybridized carbons (Fsp3) is 0. The summed E-state index contributed by atoms with van der Waals surface area (Å²) < 4.78 is 0. The largest absolute Gasteiger partial charge is 0.399 e. The summed E-state index contributed by atoms with van der Waals surface area (Å²) in [6.45, 7) is 0. The van der Waals surface area contributed by atoms with Crippen LogP contribution in [0, 0.1) is 0 Å². The Morgan fingerprint density at radius 1 is 0.727 bits per heavy atom. The molecular formula is C19H16N2O. The molecule has 0 radical (unpaired) electrons. The molecule has 108 valence electrons. The van der Waals surface area contributed by atoms with Gasteiger partial charge in [-0.1, -0.05) is 42.5 Å². The summed E-state index contributed by atoms with van der Waals surface area (Å²) in [5.41, 5.74) is 8.58. The Morgan fingerprint density at radius 2 is 1.27 bits per heavy atom. The quantitative estimate of drug-likeness (QED) is 0.732. The van der Waals surface area contributed by atoms with Crippen molar-refractivity contribution < 1.29 is 4.79 Å². The first kappa shape index (κ1) is 13.9. The Bertz CT molecular complexity index is 730. The number of rotatable bonds is 3. The molecule has 0 bridgehead atoms. The number of anilines is 3. The Labute approximate surface area is 129 Å². The summed E-state index contributed by atoms with van der Waals surface area (Å²) in [4.78, 5) is 14.7. The Kier molecular flexibility index (Phi) is 3.88. The van der Waals surface area contributed by atoms with Crippen LogP contribution in [-0.4, -0.2) is 5.91 Å². The van der Waals surface area contributed by atoms with E-state index in [9.17, 15) is 4.79 Å². The van der Waals surface area contributed by atoms with Crippen LogP contribution in [0.2, 0.25) is 0 Å². The maximum absolute atomic E-state index is 13.0. The normalized spacial score (nSPS) is 10.2. The molecule has 2 N–H and O–H groups in total. The lowest BCUT2D eigenvalue weighted by molar-refractivity contribution is 0.0999. The van der Waals surface area contributed by atoms with E-state index >= 15 is 0 Å². The molecule has 0 aromatic heterocycles. The summed E-state index contributed by atoms with van der Waals surface area (Å²) in [5.74, 6) is -0.107. The minimum atomic E-state index is -0.107. The summed E-state index contributed by atoms with van der Waals surface area (Å²) in [6.07, 6.45) is 0. The molecule has 3 aromatic carbocycles. The Hall–Kier alpha value is -3.07. The van der Waals surface area contributed by atoms with Crippen molar-refractivity contribution in [2.45, 2.75) is 0 Å². The van der Waals surface area contributed by atoms with Crippen LogP contribution in [0.25, 0.3) is 0 Å². The van der Waals surface area contributed by atoms with Gasteiger partial charge in [-0.3, -0.25) is 9.69 Å². The van der Waals surface area contributed by atoms with Gasteiger partial charge in [0.15, 0.2) is 0 Å². The number of benzene rings is 3. The molecule has 0 aliphatic carbocycles. The predicted molar refractivity (Wildman–Crippen MR) is 90.2 cm³/mol. The molecular weight excluding hydrogens is 272 g/mol. The first-order chi connectivity index (χ1) is 10.8. The molecule has 0 aliphatic rings. The summed E-state index contributed by atoms with van der Waals surface area (Å²) in [7, 11) is 0. The molecule has 3 rings (SSSR count). The SMILES string of the molecule is Nc1cccc(C(=O)N(c2ccccc2)c2ccccc2)c1. The van der Waals surface area contributed by atoms with E-state index in [1.54, 1.807) is 29.2 Å². The average molecular weight is 288 g/mol. The molecule has 0 saturated heterocycles. The van der Waals surface area contributed by atoms with Crippen LogP contribution in [0.15, 0.2) is 84.9 Å². The van der Waals surface area contributed by atoms with Crippen molar-refractivity contribution in [3.8, 4) is 0 Å². The average Bonchev–Trinajstić information content (AvgIpc) is 2.57. The van der Waals surface area contributed by atoms with Gasteiger partial charge in [0.25, 0.3) is 5.91 Å². The molecule has 0 fully saturated rings. The van der Waals surface area contributed by atoms with Crippen molar-refractivity contribution in [1.82, 2.24) is 0 Å². The van der Waals surface area contributed by atoms with Crippen molar-refractivity contribution in [3.05, 3.63) is 90.5 Å². The molecule has 0 aliphatic heterocycles. The van der Waals surface area contributed by atoms with Crippen LogP contribution >= 0.6 is 0 Å². The van der Waals surface area contributed by atoms with E-state index in [1.165, 1.54) is 0 Å². The van der Waals surface area contributed by atoms with Gasteiger partial charge in [0.2, 0.25) is 0 Å². The van der Waals surface area contributed by atoms with Crippen LogP contribution in [0.3, 0.4) is 0 Å². The molecule has 22 heavy (non-hydrogen) atoms. The molecule has 0 heterocycles. The lowest BCUT2D eigenvalue weighted by Gasteiger charge is -2.23. The highest BCUT2D eigenvalue weighted by molar-refractivity contribution is 6.11. The fourth-order valence-electron chi connectivity index (χ4n) is 2.34. The highest BCUT2D eigenvalue weighted by Gasteiger charge is 2.19. The van der Waals surface area contributed by atoms with Crippen LogP contribution < -0.4 is 10.6 Å². The second-order valence-electron chi connectivity index (χ2n) is 4.94. The zero-order chi connectivity index (χ0) is 15.4. The Balaban J connectivity index is 2.08. The monoisotopic (exact) mass is 288 g/mol. The molecule has 0 unspecified atom stereocenters. The number of nitrogens with zero attached hydrogens (tertiary/aromatic N) is 1. The van der Waals surface area contributed by atoms with Crippen molar-refractivity contribution in [1.29, 1.82) is 0 Å². The van der Waals surface area contributed by atoms with E-state index in [4.69, 9.17) is 5.73 Å². The van der Waals surface area contributed by atoms with Crippen molar-refractivity contribution in [2.75, 3.05) is 10.6 Å². The van der Waals surface area contributed by atoms with Gasteiger partial charge in [0.1, 0.15) is 0 Å². The van der Waals surface area contributed by atoms with E-state index in [0.29, 0.717) is 11.3 Å². The highest BCUT2D eigenvalue weighted by Crippen LogP contribution is 2.27. The second-order valence-corrected chi connectivity index (χ2v) is 4.94. The lowest BCUT2D eigenvalue weighted by atomic mass is 10.1. The fourth-order valence-corrected chi connectivity index (χ4v) is 2.34. The maximum atomic E-state index is 13.0. The molecule has 3 nitrogen and oxygen atoms in total. The van der Waals surface area contributed by atoms with Crippen LogP contribution in [-0.2, 0) is 0 Å². The zero-order valence-electron chi connectivity index (χ0n) is 12.0. The summed E-state index contributed by atoms with van der Waals surface area (Å²) >= 11 is 0. The maximum Gasteiger partial charge on any atom is 0.262 e. The van der Waals surface area contributed by atoms with Crippen molar-refractivity contribution >= 4 is 23.0 Å². The minimum absolute atomic E-state index is 0.107. The van der Waals surface area contributed by atoms with Gasteiger partial charge < -0.3 is 5.73 Å². The zero-order valence-corrected chi connectivity index (χ0v) is 12.0. The van der Waals surface area contributed by atoms with Gasteiger partial charge in [-0.15, -0.1) is 0 Å². The molecule has 3 aromatic rings. The van der Waals surface area contributed by atoms with Crippen LogP contribution in [0.4, 0.5) is 17.1 Å². The summed E-state index contributed by atoms with van der Waals surface area (Å²) in [5, 5.41) is 0. The molecule has 0 atom stereocenters. The van der Waals surface area contributed by atoms with Crippen molar-refractivity contribution in [3.63, 3.8) is 0 Å². The van der Waals surface area contributed by atoms with Crippen molar-refractivity contribution in [2.24, 2.45) is 0 Å². The van der Waals surface area contributed by atoms with E-state index in [2.05, 4.69) is 0 Å². The third-order valence-corrected chi connectivity index (χ3v) is 3.37. The van der Waals surface area contributed by atoms with Crippen LogP contribution in [0.1, 0.15) is 10.4 Å². The number of hydrogen-bond donors (Lipinski definition) is 1. The van der Waals surface area contributed by atoms with E-state index in [0.717, 1.165) is 11.4 Å². The molecule has 0 spiro atoms. The number of para-hydroxylation sites is 2. The van der Waals surface area contributed by atoms with Gasteiger partial charge in [0, 0.05) is 22.6 Å². The number of nitrogen functional groups attached to an aromatic ring is 1. The third-order valence-electron chi connectivity index (χ3n) is 3.37. The smallest absolute Gasteiger partial charge is 0.262 e. The minimum Gasteiger partial charge on any atom is -0.399 e. The third kappa shape index (κ3) is 2.83. The number of nitrogens with two attached hydrogens (primary N) is 1. The highest BCUT2D eigenvalue weighted by atomic mass is 16.2. The number of hydrogen-bond acceptors (Lipinski definition) is 2.